The van der Waals surface area contributed by atoms with Crippen LogP contribution < -0.4 is 4.74 Å². The summed E-state index contributed by atoms with van der Waals surface area (Å²) in [6.07, 6.45) is 8.89. The standard InChI is InChI=1S/C26H34O2/c1-3-5-7-20-8-17-25(26(27)19-20)23-11-9-21(10-12-23)22-13-15-24(16-14-22)28-18-6-4-2/h9-16,20,25H,3-8,17-19H2,1-2H3/t20-,25+/m0/s1. The lowest BCUT2D eigenvalue weighted by atomic mass is 9.76. The predicted octanol–water partition coefficient (Wildman–Crippen LogP) is 7.18. The monoisotopic (exact) mass is 378 g/mol. The van der Waals surface area contributed by atoms with Gasteiger partial charge in [0.25, 0.3) is 0 Å². The van der Waals surface area contributed by atoms with Gasteiger partial charge in [-0.3, -0.25) is 4.79 Å². The summed E-state index contributed by atoms with van der Waals surface area (Å²) in [5.74, 6) is 2.08. The zero-order chi connectivity index (χ0) is 19.8. The van der Waals surface area contributed by atoms with Crippen molar-refractivity contribution in [2.45, 2.75) is 71.1 Å². The lowest BCUT2D eigenvalue weighted by Gasteiger charge is -2.27. The van der Waals surface area contributed by atoms with Crippen molar-refractivity contribution in [3.8, 4) is 16.9 Å². The van der Waals surface area contributed by atoms with E-state index in [1.54, 1.807) is 0 Å². The van der Waals surface area contributed by atoms with Crippen molar-refractivity contribution in [1.82, 2.24) is 0 Å². The molecule has 0 N–H and O–H groups in total. The number of ether oxygens (including phenoxy) is 1. The van der Waals surface area contributed by atoms with E-state index in [2.05, 4.69) is 50.2 Å². The molecule has 0 heterocycles. The summed E-state index contributed by atoms with van der Waals surface area (Å²) in [6.45, 7) is 5.17. The highest BCUT2D eigenvalue weighted by Crippen LogP contribution is 2.36. The van der Waals surface area contributed by atoms with Crippen molar-refractivity contribution >= 4 is 5.78 Å². The fourth-order valence-electron chi connectivity index (χ4n) is 4.17. The molecule has 1 aliphatic carbocycles. The number of unbranched alkanes of at least 4 members (excludes halogenated alkanes) is 2. The Morgan fingerprint density at radius 1 is 0.857 bits per heavy atom. The number of carbonyl (C=O) groups is 1. The van der Waals surface area contributed by atoms with E-state index >= 15 is 0 Å². The summed E-state index contributed by atoms with van der Waals surface area (Å²) in [7, 11) is 0. The van der Waals surface area contributed by atoms with Gasteiger partial charge in [-0.15, -0.1) is 0 Å². The van der Waals surface area contributed by atoms with Crippen LogP contribution in [0.15, 0.2) is 48.5 Å². The van der Waals surface area contributed by atoms with Crippen molar-refractivity contribution < 1.29 is 9.53 Å². The second kappa shape index (κ2) is 10.5. The largest absolute Gasteiger partial charge is 0.494 e. The summed E-state index contributed by atoms with van der Waals surface area (Å²) in [6, 6.07) is 16.9. The van der Waals surface area contributed by atoms with Crippen LogP contribution in [0.4, 0.5) is 0 Å². The van der Waals surface area contributed by atoms with Crippen LogP contribution in [0.25, 0.3) is 11.1 Å². The van der Waals surface area contributed by atoms with Crippen molar-refractivity contribution in [3.63, 3.8) is 0 Å². The first kappa shape index (κ1) is 20.6. The van der Waals surface area contributed by atoms with Crippen LogP contribution in [0.3, 0.4) is 0 Å². The molecule has 0 spiro atoms. The molecule has 2 nitrogen and oxygen atoms in total. The van der Waals surface area contributed by atoms with Crippen molar-refractivity contribution in [2.24, 2.45) is 5.92 Å². The summed E-state index contributed by atoms with van der Waals surface area (Å²) >= 11 is 0. The van der Waals surface area contributed by atoms with E-state index in [-0.39, 0.29) is 5.92 Å². The van der Waals surface area contributed by atoms with Gasteiger partial charge >= 0.3 is 0 Å². The third-order valence-corrected chi connectivity index (χ3v) is 5.98. The molecular formula is C26H34O2. The fraction of sp³-hybridized carbons (Fsp3) is 0.500. The maximum absolute atomic E-state index is 12.7. The minimum atomic E-state index is 0.0984. The van der Waals surface area contributed by atoms with Crippen LogP contribution in [-0.2, 0) is 4.79 Å². The number of hydrogen-bond donors (Lipinski definition) is 0. The molecule has 0 unspecified atom stereocenters. The smallest absolute Gasteiger partial charge is 0.140 e. The number of rotatable bonds is 9. The molecule has 0 amide bonds. The minimum Gasteiger partial charge on any atom is -0.494 e. The Morgan fingerprint density at radius 3 is 2.11 bits per heavy atom. The van der Waals surface area contributed by atoms with E-state index in [1.165, 1.54) is 42.4 Å². The van der Waals surface area contributed by atoms with Crippen LogP contribution >= 0.6 is 0 Å². The van der Waals surface area contributed by atoms with Crippen molar-refractivity contribution in [2.75, 3.05) is 6.61 Å². The maximum atomic E-state index is 12.7. The maximum Gasteiger partial charge on any atom is 0.140 e. The molecule has 2 aromatic rings. The molecular weight excluding hydrogens is 344 g/mol. The number of benzene rings is 2. The number of hydrogen-bond acceptors (Lipinski definition) is 2. The molecule has 1 saturated carbocycles. The molecule has 0 saturated heterocycles. The molecule has 0 aliphatic heterocycles. The Morgan fingerprint density at radius 2 is 1.50 bits per heavy atom. The molecule has 150 valence electrons. The van der Waals surface area contributed by atoms with Crippen LogP contribution in [0, 0.1) is 5.92 Å². The Kier molecular flexibility index (Phi) is 7.71. The zero-order valence-electron chi connectivity index (χ0n) is 17.5. The van der Waals surface area contributed by atoms with Crippen molar-refractivity contribution in [1.29, 1.82) is 0 Å². The Hall–Kier alpha value is -2.09. The van der Waals surface area contributed by atoms with Gasteiger partial charge in [0.15, 0.2) is 0 Å². The quantitative estimate of drug-likeness (QED) is 0.432. The van der Waals surface area contributed by atoms with E-state index in [9.17, 15) is 4.79 Å². The van der Waals surface area contributed by atoms with Gasteiger partial charge in [-0.25, -0.2) is 0 Å². The van der Waals surface area contributed by atoms with Crippen LogP contribution in [0.1, 0.15) is 76.7 Å². The van der Waals surface area contributed by atoms with Gasteiger partial charge in [-0.05, 0) is 54.0 Å². The van der Waals surface area contributed by atoms with Gasteiger partial charge in [0, 0.05) is 12.3 Å². The molecule has 28 heavy (non-hydrogen) atoms. The minimum absolute atomic E-state index is 0.0984. The molecule has 0 bridgehead atoms. The molecule has 0 radical (unpaired) electrons. The fourth-order valence-corrected chi connectivity index (χ4v) is 4.17. The van der Waals surface area contributed by atoms with Crippen LogP contribution in [0.2, 0.25) is 0 Å². The lowest BCUT2D eigenvalue weighted by Crippen LogP contribution is -2.23. The van der Waals surface area contributed by atoms with E-state index in [0.29, 0.717) is 11.7 Å². The molecule has 2 heteroatoms. The normalized spacial score (nSPS) is 19.6. The van der Waals surface area contributed by atoms with Crippen molar-refractivity contribution in [3.05, 3.63) is 54.1 Å². The first-order valence-electron chi connectivity index (χ1n) is 11.1. The average molecular weight is 379 g/mol. The highest BCUT2D eigenvalue weighted by Gasteiger charge is 2.29. The lowest BCUT2D eigenvalue weighted by molar-refractivity contribution is -0.123. The van der Waals surface area contributed by atoms with E-state index in [0.717, 1.165) is 38.0 Å². The van der Waals surface area contributed by atoms with Crippen LogP contribution in [0.5, 0.6) is 5.75 Å². The summed E-state index contributed by atoms with van der Waals surface area (Å²) in [5, 5.41) is 0. The zero-order valence-corrected chi connectivity index (χ0v) is 17.5. The first-order valence-corrected chi connectivity index (χ1v) is 11.1. The number of ketones is 1. The summed E-state index contributed by atoms with van der Waals surface area (Å²) < 4.78 is 5.74. The SMILES string of the molecule is CCCCOc1ccc(-c2ccc([C@H]3CC[C@H](CCCC)CC3=O)cc2)cc1. The summed E-state index contributed by atoms with van der Waals surface area (Å²) in [5.41, 5.74) is 3.55. The first-order chi connectivity index (χ1) is 13.7. The van der Waals surface area contributed by atoms with Gasteiger partial charge in [0.2, 0.25) is 0 Å². The Balaban J connectivity index is 1.60. The highest BCUT2D eigenvalue weighted by atomic mass is 16.5. The molecule has 2 aromatic carbocycles. The number of carbonyl (C=O) groups excluding carboxylic acids is 1. The molecule has 2 atom stereocenters. The van der Waals surface area contributed by atoms with E-state index in [4.69, 9.17) is 4.74 Å². The van der Waals surface area contributed by atoms with E-state index < -0.39 is 0 Å². The molecule has 1 aliphatic rings. The van der Waals surface area contributed by atoms with Gasteiger partial charge in [0.05, 0.1) is 6.61 Å². The van der Waals surface area contributed by atoms with Gasteiger partial charge in [-0.1, -0.05) is 75.9 Å². The second-order valence-electron chi connectivity index (χ2n) is 8.16. The average Bonchev–Trinajstić information content (AvgIpc) is 2.73. The molecule has 1 fully saturated rings. The third kappa shape index (κ3) is 5.47. The van der Waals surface area contributed by atoms with Gasteiger partial charge < -0.3 is 4.74 Å². The van der Waals surface area contributed by atoms with Gasteiger partial charge in [0.1, 0.15) is 11.5 Å². The Bertz CT molecular complexity index is 730. The number of Topliss-reactive ketones (excluding diaryl/α,β-unsaturated/α-hetero) is 1. The van der Waals surface area contributed by atoms with Gasteiger partial charge in [-0.2, -0.15) is 0 Å². The Labute approximate surface area is 170 Å². The highest BCUT2D eigenvalue weighted by molar-refractivity contribution is 5.86. The predicted molar refractivity (Wildman–Crippen MR) is 117 cm³/mol. The second-order valence-corrected chi connectivity index (χ2v) is 8.16. The molecule has 0 aromatic heterocycles. The van der Waals surface area contributed by atoms with Crippen LogP contribution in [-0.4, -0.2) is 12.4 Å². The topological polar surface area (TPSA) is 26.3 Å². The third-order valence-electron chi connectivity index (χ3n) is 5.98. The van der Waals surface area contributed by atoms with E-state index in [1.807, 2.05) is 12.1 Å². The molecule has 3 rings (SSSR count). The summed E-state index contributed by atoms with van der Waals surface area (Å²) in [4.78, 5) is 12.7.